The maximum absolute atomic E-state index is 13.2. The van der Waals surface area contributed by atoms with E-state index in [1.54, 1.807) is 11.1 Å². The molecule has 0 N–H and O–H groups in total. The lowest BCUT2D eigenvalue weighted by Crippen LogP contribution is -2.50. The van der Waals surface area contributed by atoms with Crippen molar-refractivity contribution in [2.75, 3.05) is 26.2 Å². The highest BCUT2D eigenvalue weighted by molar-refractivity contribution is 5.96. The van der Waals surface area contributed by atoms with Gasteiger partial charge in [-0.3, -0.25) is 9.59 Å². The van der Waals surface area contributed by atoms with Gasteiger partial charge in [0.1, 0.15) is 0 Å². The number of carbonyl (C=O) groups excluding carboxylic acids is 2. The summed E-state index contributed by atoms with van der Waals surface area (Å²) in [5.41, 5.74) is -0.423. The Bertz CT molecular complexity index is 1120. The average Bonchev–Trinajstić information content (AvgIpc) is 3.31. The van der Waals surface area contributed by atoms with E-state index in [-0.39, 0.29) is 44.1 Å². The van der Waals surface area contributed by atoms with Crippen LogP contribution in [0.1, 0.15) is 28.2 Å². The summed E-state index contributed by atoms with van der Waals surface area (Å²) < 4.78 is 45.4. The van der Waals surface area contributed by atoms with Crippen molar-refractivity contribution in [3.63, 3.8) is 0 Å². The Morgan fingerprint density at radius 3 is 2.24 bits per heavy atom. The number of piperazine rings is 1. The third kappa shape index (κ3) is 5.24. The number of oxazole rings is 1. The molecule has 1 aromatic heterocycles. The van der Waals surface area contributed by atoms with Gasteiger partial charge in [0, 0.05) is 44.6 Å². The first-order valence-electron chi connectivity index (χ1n) is 10.6. The van der Waals surface area contributed by atoms with E-state index in [4.69, 9.17) is 4.42 Å². The zero-order valence-electron chi connectivity index (χ0n) is 17.7. The molecule has 9 heteroatoms. The summed E-state index contributed by atoms with van der Waals surface area (Å²) in [4.78, 5) is 32.5. The smallest absolute Gasteiger partial charge is 0.417 e. The third-order valence-corrected chi connectivity index (χ3v) is 5.55. The topological polar surface area (TPSA) is 66.7 Å². The van der Waals surface area contributed by atoms with E-state index >= 15 is 0 Å². The first-order valence-corrected chi connectivity index (χ1v) is 10.6. The molecule has 2 heterocycles. The van der Waals surface area contributed by atoms with Gasteiger partial charge in [-0.05, 0) is 12.1 Å². The van der Waals surface area contributed by atoms with E-state index in [2.05, 4.69) is 4.98 Å². The number of benzene rings is 2. The van der Waals surface area contributed by atoms with Crippen LogP contribution in [0.5, 0.6) is 0 Å². The Hall–Kier alpha value is -3.62. The highest BCUT2D eigenvalue weighted by Crippen LogP contribution is 2.32. The van der Waals surface area contributed by atoms with Crippen LogP contribution in [-0.4, -0.2) is 52.8 Å². The van der Waals surface area contributed by atoms with Gasteiger partial charge < -0.3 is 14.2 Å². The number of hydrogen-bond acceptors (Lipinski definition) is 4. The summed E-state index contributed by atoms with van der Waals surface area (Å²) in [6.07, 6.45) is -2.45. The Balaban J connectivity index is 1.30. The minimum Gasteiger partial charge on any atom is -0.441 e. The maximum atomic E-state index is 13.2. The van der Waals surface area contributed by atoms with Crippen molar-refractivity contribution < 1.29 is 27.2 Å². The molecule has 0 saturated carbocycles. The molecule has 2 aromatic carbocycles. The van der Waals surface area contributed by atoms with Crippen molar-refractivity contribution in [3.05, 3.63) is 77.8 Å². The van der Waals surface area contributed by atoms with Gasteiger partial charge in [0.2, 0.25) is 5.91 Å². The SMILES string of the molecule is O=C(CCc1ncc(-c2ccccc2)o1)N1CCN(C(=O)c2ccccc2C(F)(F)F)CC1. The van der Waals surface area contributed by atoms with Crippen molar-refractivity contribution >= 4 is 11.8 Å². The van der Waals surface area contributed by atoms with Crippen LogP contribution in [0.3, 0.4) is 0 Å². The summed E-state index contributed by atoms with van der Waals surface area (Å²) in [7, 11) is 0. The van der Waals surface area contributed by atoms with E-state index in [0.29, 0.717) is 18.1 Å². The molecule has 172 valence electrons. The first kappa shape index (κ1) is 22.6. The predicted octanol–water partition coefficient (Wildman–Crippen LogP) is 4.28. The zero-order valence-corrected chi connectivity index (χ0v) is 17.7. The Morgan fingerprint density at radius 1 is 0.909 bits per heavy atom. The Labute approximate surface area is 188 Å². The van der Waals surface area contributed by atoms with Crippen molar-refractivity contribution in [3.8, 4) is 11.3 Å². The van der Waals surface area contributed by atoms with Crippen LogP contribution in [0.25, 0.3) is 11.3 Å². The molecule has 4 rings (SSSR count). The minimum atomic E-state index is -4.61. The standard InChI is InChI=1S/C24H22F3N3O3/c25-24(26,27)19-9-5-4-8-18(19)23(32)30-14-12-29(13-15-30)22(31)11-10-21-28-16-20(33-21)17-6-2-1-3-7-17/h1-9,16H,10-15H2. The number of alkyl halides is 3. The molecule has 1 aliphatic rings. The molecule has 3 aromatic rings. The normalized spacial score (nSPS) is 14.4. The number of nitrogens with zero attached hydrogens (tertiary/aromatic N) is 3. The number of hydrogen-bond donors (Lipinski definition) is 0. The number of aryl methyl sites for hydroxylation is 1. The Kier molecular flexibility index (Phi) is 6.48. The molecular formula is C24H22F3N3O3. The largest absolute Gasteiger partial charge is 0.441 e. The lowest BCUT2D eigenvalue weighted by atomic mass is 10.1. The molecule has 6 nitrogen and oxygen atoms in total. The van der Waals surface area contributed by atoms with Crippen molar-refractivity contribution in [2.45, 2.75) is 19.0 Å². The van der Waals surface area contributed by atoms with E-state index in [1.807, 2.05) is 30.3 Å². The van der Waals surface area contributed by atoms with Crippen LogP contribution < -0.4 is 0 Å². The third-order valence-electron chi connectivity index (χ3n) is 5.55. The second-order valence-corrected chi connectivity index (χ2v) is 7.70. The molecule has 0 atom stereocenters. The van der Waals surface area contributed by atoms with E-state index < -0.39 is 17.6 Å². The summed E-state index contributed by atoms with van der Waals surface area (Å²) in [6, 6.07) is 14.3. The van der Waals surface area contributed by atoms with Gasteiger partial charge in [-0.15, -0.1) is 0 Å². The summed E-state index contributed by atoms with van der Waals surface area (Å²) in [5, 5.41) is 0. The summed E-state index contributed by atoms with van der Waals surface area (Å²) >= 11 is 0. The van der Waals surface area contributed by atoms with Crippen LogP contribution in [0.4, 0.5) is 13.2 Å². The van der Waals surface area contributed by atoms with Gasteiger partial charge >= 0.3 is 6.18 Å². The highest BCUT2D eigenvalue weighted by Gasteiger charge is 2.36. The van der Waals surface area contributed by atoms with Crippen LogP contribution in [0.2, 0.25) is 0 Å². The second-order valence-electron chi connectivity index (χ2n) is 7.70. The molecular weight excluding hydrogens is 435 g/mol. The molecule has 2 amide bonds. The molecule has 0 unspecified atom stereocenters. The number of carbonyl (C=O) groups is 2. The molecule has 0 aliphatic carbocycles. The van der Waals surface area contributed by atoms with Crippen molar-refractivity contribution in [2.24, 2.45) is 0 Å². The fourth-order valence-corrected chi connectivity index (χ4v) is 3.78. The van der Waals surface area contributed by atoms with Gasteiger partial charge in [0.15, 0.2) is 11.7 Å². The van der Waals surface area contributed by atoms with Crippen LogP contribution >= 0.6 is 0 Å². The Morgan fingerprint density at radius 2 is 1.55 bits per heavy atom. The lowest BCUT2D eigenvalue weighted by molar-refractivity contribution is -0.138. The molecule has 33 heavy (non-hydrogen) atoms. The maximum Gasteiger partial charge on any atom is 0.417 e. The minimum absolute atomic E-state index is 0.114. The van der Waals surface area contributed by atoms with Gasteiger partial charge in [-0.2, -0.15) is 13.2 Å². The predicted molar refractivity (Wildman–Crippen MR) is 114 cm³/mol. The molecule has 1 aliphatic heterocycles. The van der Waals surface area contributed by atoms with Gasteiger partial charge in [-0.1, -0.05) is 42.5 Å². The van der Waals surface area contributed by atoms with Crippen LogP contribution in [0.15, 0.2) is 65.2 Å². The molecule has 1 fully saturated rings. The number of amides is 2. The number of aromatic nitrogens is 1. The van der Waals surface area contributed by atoms with E-state index in [9.17, 15) is 22.8 Å². The number of halogens is 3. The monoisotopic (exact) mass is 457 g/mol. The summed E-state index contributed by atoms with van der Waals surface area (Å²) in [5.74, 6) is 0.296. The van der Waals surface area contributed by atoms with Gasteiger partial charge in [0.05, 0.1) is 17.3 Å². The van der Waals surface area contributed by atoms with Gasteiger partial charge in [0.25, 0.3) is 5.91 Å². The second kappa shape index (κ2) is 9.48. The van der Waals surface area contributed by atoms with E-state index in [1.165, 1.54) is 23.1 Å². The average molecular weight is 457 g/mol. The molecule has 0 bridgehead atoms. The fourth-order valence-electron chi connectivity index (χ4n) is 3.78. The van der Waals surface area contributed by atoms with Crippen molar-refractivity contribution in [1.82, 2.24) is 14.8 Å². The zero-order chi connectivity index (χ0) is 23.4. The molecule has 0 spiro atoms. The molecule has 1 saturated heterocycles. The van der Waals surface area contributed by atoms with Crippen LogP contribution in [0, 0.1) is 0 Å². The van der Waals surface area contributed by atoms with Crippen LogP contribution in [-0.2, 0) is 17.4 Å². The molecule has 0 radical (unpaired) electrons. The van der Waals surface area contributed by atoms with Crippen molar-refractivity contribution in [1.29, 1.82) is 0 Å². The quantitative estimate of drug-likeness (QED) is 0.574. The van der Waals surface area contributed by atoms with Gasteiger partial charge in [-0.25, -0.2) is 4.98 Å². The lowest BCUT2D eigenvalue weighted by Gasteiger charge is -2.35. The van der Waals surface area contributed by atoms with E-state index in [0.717, 1.165) is 11.6 Å². The first-order chi connectivity index (χ1) is 15.8. The summed E-state index contributed by atoms with van der Waals surface area (Å²) in [6.45, 7) is 0.876. The fraction of sp³-hybridized carbons (Fsp3) is 0.292. The highest BCUT2D eigenvalue weighted by atomic mass is 19.4. The number of rotatable bonds is 5.